The number of amides is 1. The van der Waals surface area contributed by atoms with Crippen molar-refractivity contribution in [2.24, 2.45) is 11.3 Å². The number of rotatable bonds is 4. The first kappa shape index (κ1) is 14.4. The van der Waals surface area contributed by atoms with Crippen LogP contribution in [0.3, 0.4) is 0 Å². The van der Waals surface area contributed by atoms with Crippen molar-refractivity contribution in [1.82, 2.24) is 9.97 Å². The summed E-state index contributed by atoms with van der Waals surface area (Å²) in [6.07, 6.45) is 10.2. The smallest absolute Gasteiger partial charge is 0.227 e. The summed E-state index contributed by atoms with van der Waals surface area (Å²) in [5.41, 5.74) is 2.52. The summed E-state index contributed by atoms with van der Waals surface area (Å²) in [7, 11) is 0. The first-order chi connectivity index (χ1) is 11.2. The molecule has 1 heterocycles. The van der Waals surface area contributed by atoms with E-state index in [9.17, 15) is 4.79 Å². The Hall–Kier alpha value is -2.23. The van der Waals surface area contributed by atoms with Crippen LogP contribution in [0.25, 0.3) is 0 Å². The maximum Gasteiger partial charge on any atom is 0.227 e. The minimum atomic E-state index is 0.182. The zero-order chi connectivity index (χ0) is 15.7. The molecule has 1 unspecified atom stereocenters. The van der Waals surface area contributed by atoms with Crippen molar-refractivity contribution in [3.05, 3.63) is 54.1 Å². The summed E-state index contributed by atoms with van der Waals surface area (Å²) in [6, 6.07) is 9.81. The average Bonchev–Trinajstić information content (AvgIpc) is 3.17. The van der Waals surface area contributed by atoms with Crippen LogP contribution in [0.4, 0.5) is 5.69 Å². The SMILES string of the molecule is O=C(Nc1cccc(Cc2ncccn2)c1)C1CCC2(CC2)C1. The van der Waals surface area contributed by atoms with Crippen molar-refractivity contribution in [3.63, 3.8) is 0 Å². The molecule has 1 amide bonds. The fourth-order valence-electron chi connectivity index (χ4n) is 3.67. The molecule has 1 N–H and O–H groups in total. The molecule has 0 aliphatic heterocycles. The monoisotopic (exact) mass is 307 g/mol. The minimum Gasteiger partial charge on any atom is -0.326 e. The minimum absolute atomic E-state index is 0.182. The fourth-order valence-corrected chi connectivity index (χ4v) is 3.67. The lowest BCUT2D eigenvalue weighted by atomic mass is 10.0. The van der Waals surface area contributed by atoms with Gasteiger partial charge in [0.05, 0.1) is 0 Å². The molecular formula is C19H21N3O. The Morgan fingerprint density at radius 2 is 2.00 bits per heavy atom. The van der Waals surface area contributed by atoms with Crippen LogP contribution in [-0.4, -0.2) is 15.9 Å². The van der Waals surface area contributed by atoms with Crippen molar-refractivity contribution in [1.29, 1.82) is 0 Å². The summed E-state index contributed by atoms with van der Waals surface area (Å²) < 4.78 is 0. The van der Waals surface area contributed by atoms with E-state index in [1.54, 1.807) is 12.4 Å². The molecule has 1 aromatic heterocycles. The number of aromatic nitrogens is 2. The predicted octanol–water partition coefficient (Wildman–Crippen LogP) is 3.59. The molecular weight excluding hydrogens is 286 g/mol. The molecule has 2 aromatic rings. The second-order valence-corrected chi connectivity index (χ2v) is 6.97. The molecule has 2 aliphatic carbocycles. The van der Waals surface area contributed by atoms with Crippen molar-refractivity contribution in [3.8, 4) is 0 Å². The molecule has 4 rings (SSSR count). The van der Waals surface area contributed by atoms with E-state index in [0.29, 0.717) is 11.8 Å². The van der Waals surface area contributed by atoms with Crippen LogP contribution in [0, 0.1) is 11.3 Å². The molecule has 118 valence electrons. The summed E-state index contributed by atoms with van der Waals surface area (Å²) in [5, 5.41) is 3.10. The first-order valence-corrected chi connectivity index (χ1v) is 8.38. The van der Waals surface area contributed by atoms with E-state index in [4.69, 9.17) is 0 Å². The highest BCUT2D eigenvalue weighted by atomic mass is 16.1. The van der Waals surface area contributed by atoms with Gasteiger partial charge in [0.15, 0.2) is 0 Å². The van der Waals surface area contributed by atoms with Gasteiger partial charge in [-0.05, 0) is 61.3 Å². The summed E-state index contributed by atoms with van der Waals surface area (Å²) in [4.78, 5) is 21.0. The Labute approximate surface area is 136 Å². The number of anilines is 1. The van der Waals surface area contributed by atoms with E-state index < -0.39 is 0 Å². The van der Waals surface area contributed by atoms with E-state index >= 15 is 0 Å². The third-order valence-electron chi connectivity index (χ3n) is 5.21. The van der Waals surface area contributed by atoms with Crippen LogP contribution in [0.5, 0.6) is 0 Å². The zero-order valence-electron chi connectivity index (χ0n) is 13.2. The van der Waals surface area contributed by atoms with E-state index in [1.165, 1.54) is 19.3 Å². The van der Waals surface area contributed by atoms with Gasteiger partial charge in [0, 0.05) is 30.4 Å². The van der Waals surface area contributed by atoms with E-state index in [1.807, 2.05) is 30.3 Å². The molecule has 2 saturated carbocycles. The lowest BCUT2D eigenvalue weighted by molar-refractivity contribution is -0.119. The second kappa shape index (κ2) is 5.76. The van der Waals surface area contributed by atoms with Gasteiger partial charge in [0.25, 0.3) is 0 Å². The molecule has 2 fully saturated rings. The lowest BCUT2D eigenvalue weighted by Gasteiger charge is -2.12. The second-order valence-electron chi connectivity index (χ2n) is 6.97. The predicted molar refractivity (Wildman–Crippen MR) is 88.9 cm³/mol. The number of carbonyl (C=O) groups is 1. The Morgan fingerprint density at radius 1 is 1.17 bits per heavy atom. The summed E-state index contributed by atoms with van der Waals surface area (Å²) >= 11 is 0. The third kappa shape index (κ3) is 3.26. The Balaban J connectivity index is 1.41. The van der Waals surface area contributed by atoms with Crippen LogP contribution in [-0.2, 0) is 11.2 Å². The normalized spacial score (nSPS) is 21.3. The highest BCUT2D eigenvalue weighted by Gasteiger charge is 2.49. The summed E-state index contributed by atoms with van der Waals surface area (Å²) in [5.74, 6) is 1.17. The van der Waals surface area contributed by atoms with Gasteiger partial charge in [-0.3, -0.25) is 4.79 Å². The van der Waals surface area contributed by atoms with Crippen molar-refractivity contribution in [2.45, 2.75) is 38.5 Å². The number of nitrogens with one attached hydrogen (secondary N) is 1. The first-order valence-electron chi connectivity index (χ1n) is 8.38. The Kier molecular flexibility index (Phi) is 3.60. The maximum atomic E-state index is 12.5. The molecule has 2 aliphatic rings. The topological polar surface area (TPSA) is 54.9 Å². The Bertz CT molecular complexity index is 710. The van der Waals surface area contributed by atoms with Crippen LogP contribution < -0.4 is 5.32 Å². The number of hydrogen-bond acceptors (Lipinski definition) is 3. The van der Waals surface area contributed by atoms with Crippen LogP contribution in [0.15, 0.2) is 42.7 Å². The quantitative estimate of drug-likeness (QED) is 0.939. The lowest BCUT2D eigenvalue weighted by Crippen LogP contribution is -2.20. The molecule has 4 nitrogen and oxygen atoms in total. The van der Waals surface area contributed by atoms with Gasteiger partial charge < -0.3 is 5.32 Å². The molecule has 1 atom stereocenters. The largest absolute Gasteiger partial charge is 0.326 e. The standard InChI is InChI=1S/C19H21N3O/c23-18(15-5-6-19(13-15)7-8-19)22-16-4-1-3-14(11-16)12-17-20-9-2-10-21-17/h1-4,9-11,15H,5-8,12-13H2,(H,22,23). The van der Waals surface area contributed by atoms with Gasteiger partial charge >= 0.3 is 0 Å². The van der Waals surface area contributed by atoms with Gasteiger partial charge in [0.1, 0.15) is 5.82 Å². The average molecular weight is 307 g/mol. The van der Waals surface area contributed by atoms with Crippen LogP contribution in [0.2, 0.25) is 0 Å². The van der Waals surface area contributed by atoms with Gasteiger partial charge in [-0.25, -0.2) is 9.97 Å². The van der Waals surface area contributed by atoms with E-state index in [0.717, 1.165) is 29.9 Å². The Morgan fingerprint density at radius 3 is 2.74 bits per heavy atom. The molecule has 1 aromatic carbocycles. The zero-order valence-corrected chi connectivity index (χ0v) is 13.2. The van der Waals surface area contributed by atoms with Crippen molar-refractivity contribution >= 4 is 11.6 Å². The molecule has 4 heteroatoms. The highest BCUT2D eigenvalue weighted by molar-refractivity contribution is 5.92. The number of carbonyl (C=O) groups excluding carboxylic acids is 1. The van der Waals surface area contributed by atoms with Gasteiger partial charge in [-0.15, -0.1) is 0 Å². The maximum absolute atomic E-state index is 12.5. The molecule has 0 radical (unpaired) electrons. The fraction of sp³-hybridized carbons (Fsp3) is 0.421. The van der Waals surface area contributed by atoms with Gasteiger partial charge in [-0.2, -0.15) is 0 Å². The number of nitrogens with zero attached hydrogens (tertiary/aromatic N) is 2. The number of hydrogen-bond donors (Lipinski definition) is 1. The highest BCUT2D eigenvalue weighted by Crippen LogP contribution is 2.59. The van der Waals surface area contributed by atoms with Crippen molar-refractivity contribution in [2.75, 3.05) is 5.32 Å². The van der Waals surface area contributed by atoms with Crippen molar-refractivity contribution < 1.29 is 4.79 Å². The summed E-state index contributed by atoms with van der Waals surface area (Å²) in [6.45, 7) is 0. The van der Waals surface area contributed by atoms with Crippen LogP contribution >= 0.6 is 0 Å². The van der Waals surface area contributed by atoms with Gasteiger partial charge in [0.2, 0.25) is 5.91 Å². The molecule has 0 saturated heterocycles. The molecule has 1 spiro atoms. The molecule has 23 heavy (non-hydrogen) atoms. The van der Waals surface area contributed by atoms with E-state index in [2.05, 4.69) is 15.3 Å². The number of benzene rings is 1. The molecule has 0 bridgehead atoms. The van der Waals surface area contributed by atoms with Gasteiger partial charge in [-0.1, -0.05) is 12.1 Å². The van der Waals surface area contributed by atoms with E-state index in [-0.39, 0.29) is 11.8 Å². The third-order valence-corrected chi connectivity index (χ3v) is 5.21. The van der Waals surface area contributed by atoms with Crippen LogP contribution in [0.1, 0.15) is 43.5 Å².